The molecular weight excluding hydrogens is 282 g/mol. The lowest BCUT2D eigenvalue weighted by molar-refractivity contribution is 0.0947. The van der Waals surface area contributed by atoms with Crippen molar-refractivity contribution in [3.8, 4) is 0 Å². The second-order valence-electron chi connectivity index (χ2n) is 4.87. The van der Waals surface area contributed by atoms with Gasteiger partial charge in [0.05, 0.1) is 5.56 Å². The van der Waals surface area contributed by atoms with Crippen molar-refractivity contribution in [3.63, 3.8) is 0 Å². The second kappa shape index (κ2) is 6.14. The number of hydrogen-bond donors (Lipinski definition) is 1. The van der Waals surface area contributed by atoms with E-state index in [9.17, 15) is 9.59 Å². The Bertz CT molecular complexity index is 682. The molecule has 3 nitrogen and oxygen atoms in total. The van der Waals surface area contributed by atoms with Crippen molar-refractivity contribution in [1.82, 2.24) is 5.32 Å². The molecule has 3 rings (SSSR count). The number of carbonyl (C=O) groups is 2. The van der Waals surface area contributed by atoms with E-state index in [1.165, 1.54) is 0 Å². The van der Waals surface area contributed by atoms with Gasteiger partial charge in [0, 0.05) is 29.2 Å². The minimum Gasteiger partial charge on any atom is -0.348 e. The van der Waals surface area contributed by atoms with Crippen LogP contribution in [0, 0.1) is 0 Å². The summed E-state index contributed by atoms with van der Waals surface area (Å²) in [6, 6.07) is 15.1. The lowest BCUT2D eigenvalue weighted by Gasteiger charge is -2.17. The normalized spacial score (nSPS) is 13.6. The number of thioether (sulfide) groups is 1. The Hall–Kier alpha value is -2.07. The number of ketones is 1. The van der Waals surface area contributed by atoms with Crippen LogP contribution < -0.4 is 5.32 Å². The van der Waals surface area contributed by atoms with Crippen LogP contribution in [-0.2, 0) is 6.54 Å². The Balaban J connectivity index is 1.79. The zero-order chi connectivity index (χ0) is 14.7. The Morgan fingerprint density at radius 3 is 2.71 bits per heavy atom. The fourth-order valence-corrected chi connectivity index (χ4v) is 3.49. The molecule has 0 saturated carbocycles. The summed E-state index contributed by atoms with van der Waals surface area (Å²) in [4.78, 5) is 25.1. The van der Waals surface area contributed by atoms with Crippen molar-refractivity contribution in [3.05, 3.63) is 65.2 Å². The van der Waals surface area contributed by atoms with Gasteiger partial charge in [-0.2, -0.15) is 0 Å². The van der Waals surface area contributed by atoms with Crippen LogP contribution in [0.3, 0.4) is 0 Å². The van der Waals surface area contributed by atoms with E-state index >= 15 is 0 Å². The van der Waals surface area contributed by atoms with E-state index in [4.69, 9.17) is 0 Å². The average molecular weight is 297 g/mol. The summed E-state index contributed by atoms with van der Waals surface area (Å²) in [5, 5.41) is 2.92. The third kappa shape index (κ3) is 3.00. The highest BCUT2D eigenvalue weighted by molar-refractivity contribution is 7.99. The first-order valence-electron chi connectivity index (χ1n) is 6.87. The van der Waals surface area contributed by atoms with E-state index in [1.54, 1.807) is 30.0 Å². The fraction of sp³-hybridized carbons (Fsp3) is 0.176. The molecular formula is C17H15NO2S. The van der Waals surface area contributed by atoms with Gasteiger partial charge in [-0.25, -0.2) is 0 Å². The third-order valence-corrected chi connectivity index (χ3v) is 4.57. The van der Waals surface area contributed by atoms with Gasteiger partial charge in [0.15, 0.2) is 5.78 Å². The van der Waals surface area contributed by atoms with E-state index < -0.39 is 0 Å². The average Bonchev–Trinajstić information content (AvgIpc) is 2.53. The first-order chi connectivity index (χ1) is 10.3. The van der Waals surface area contributed by atoms with Gasteiger partial charge in [0.1, 0.15) is 0 Å². The fourth-order valence-electron chi connectivity index (χ4n) is 2.34. The first kappa shape index (κ1) is 13.9. The highest BCUT2D eigenvalue weighted by Crippen LogP contribution is 2.32. The van der Waals surface area contributed by atoms with Gasteiger partial charge in [0.2, 0.25) is 0 Å². The molecule has 0 spiro atoms. The molecule has 0 aliphatic carbocycles. The van der Waals surface area contributed by atoms with Crippen LogP contribution in [0.1, 0.15) is 32.7 Å². The summed E-state index contributed by atoms with van der Waals surface area (Å²) in [5.74, 6) is 0.744. The number of hydrogen-bond acceptors (Lipinski definition) is 3. The Morgan fingerprint density at radius 1 is 1.10 bits per heavy atom. The smallest absolute Gasteiger partial charge is 0.252 e. The molecule has 0 saturated heterocycles. The van der Waals surface area contributed by atoms with Crippen LogP contribution in [0.4, 0.5) is 0 Å². The summed E-state index contributed by atoms with van der Waals surface area (Å²) in [6.07, 6.45) is 0.548. The highest BCUT2D eigenvalue weighted by Gasteiger charge is 2.22. The number of carbonyl (C=O) groups excluding carboxylic acids is 2. The van der Waals surface area contributed by atoms with Crippen molar-refractivity contribution < 1.29 is 9.59 Å². The van der Waals surface area contributed by atoms with Gasteiger partial charge in [-0.05, 0) is 11.6 Å². The summed E-state index contributed by atoms with van der Waals surface area (Å²) < 4.78 is 0. The number of fused-ring (bicyclic) bond motifs is 1. The van der Waals surface area contributed by atoms with Gasteiger partial charge in [-0.3, -0.25) is 9.59 Å². The molecule has 1 aliphatic heterocycles. The molecule has 1 N–H and O–H groups in total. The molecule has 0 atom stereocenters. The van der Waals surface area contributed by atoms with Gasteiger partial charge >= 0.3 is 0 Å². The van der Waals surface area contributed by atoms with E-state index in [2.05, 4.69) is 5.32 Å². The van der Waals surface area contributed by atoms with Gasteiger partial charge < -0.3 is 5.32 Å². The lowest BCUT2D eigenvalue weighted by Crippen LogP contribution is -2.24. The highest BCUT2D eigenvalue weighted by atomic mass is 32.2. The number of Topliss-reactive ketones (excluding diaryl/α,β-unsaturated/α-hetero) is 1. The predicted octanol–water partition coefficient (Wildman–Crippen LogP) is 3.30. The van der Waals surface area contributed by atoms with E-state index in [1.807, 2.05) is 30.3 Å². The molecule has 2 aromatic rings. The molecule has 1 heterocycles. The van der Waals surface area contributed by atoms with Crippen molar-refractivity contribution in [2.45, 2.75) is 17.9 Å². The minimum atomic E-state index is -0.127. The largest absolute Gasteiger partial charge is 0.348 e. The second-order valence-corrected chi connectivity index (χ2v) is 5.98. The third-order valence-electron chi connectivity index (χ3n) is 3.43. The first-order valence-corrected chi connectivity index (χ1v) is 7.85. The van der Waals surface area contributed by atoms with Crippen LogP contribution in [0.15, 0.2) is 53.4 Å². The molecule has 2 aromatic carbocycles. The minimum absolute atomic E-state index is 0.126. The van der Waals surface area contributed by atoms with Crippen molar-refractivity contribution in [2.75, 3.05) is 5.75 Å². The zero-order valence-electron chi connectivity index (χ0n) is 11.5. The molecule has 0 bridgehead atoms. The molecule has 0 aromatic heterocycles. The topological polar surface area (TPSA) is 46.2 Å². The Labute approximate surface area is 127 Å². The van der Waals surface area contributed by atoms with Crippen LogP contribution in [0.25, 0.3) is 0 Å². The van der Waals surface area contributed by atoms with Gasteiger partial charge in [-0.1, -0.05) is 42.5 Å². The number of benzene rings is 2. The van der Waals surface area contributed by atoms with Crippen molar-refractivity contribution in [1.29, 1.82) is 0 Å². The maximum Gasteiger partial charge on any atom is 0.252 e. The van der Waals surface area contributed by atoms with Crippen molar-refractivity contribution >= 4 is 23.5 Å². The summed E-state index contributed by atoms with van der Waals surface area (Å²) >= 11 is 1.59. The van der Waals surface area contributed by atoms with Crippen LogP contribution in [-0.4, -0.2) is 17.4 Å². The quantitative estimate of drug-likeness (QED) is 0.945. The molecule has 21 heavy (non-hydrogen) atoms. The van der Waals surface area contributed by atoms with Gasteiger partial charge in [-0.15, -0.1) is 11.8 Å². The molecule has 1 amide bonds. The Morgan fingerprint density at radius 2 is 1.90 bits per heavy atom. The van der Waals surface area contributed by atoms with E-state index in [0.29, 0.717) is 24.1 Å². The SMILES string of the molecule is O=C1CCSc2c1cccc2C(=O)NCc1ccccc1. The van der Waals surface area contributed by atoms with Crippen molar-refractivity contribution in [2.24, 2.45) is 0 Å². The Kier molecular flexibility index (Phi) is 4.06. The molecule has 0 radical (unpaired) electrons. The monoisotopic (exact) mass is 297 g/mol. The summed E-state index contributed by atoms with van der Waals surface area (Å²) in [6.45, 7) is 0.488. The van der Waals surface area contributed by atoms with Crippen LogP contribution in [0.5, 0.6) is 0 Å². The number of amides is 1. The van der Waals surface area contributed by atoms with E-state index in [-0.39, 0.29) is 11.7 Å². The van der Waals surface area contributed by atoms with E-state index in [0.717, 1.165) is 16.2 Å². The standard InChI is InChI=1S/C17H15NO2S/c19-15-9-10-21-16-13(15)7-4-8-14(16)17(20)18-11-12-5-2-1-3-6-12/h1-8H,9-11H2,(H,18,20). The zero-order valence-corrected chi connectivity index (χ0v) is 12.3. The summed E-state index contributed by atoms with van der Waals surface area (Å²) in [7, 11) is 0. The van der Waals surface area contributed by atoms with Crippen LogP contribution >= 0.6 is 11.8 Å². The number of nitrogens with one attached hydrogen (secondary N) is 1. The predicted molar refractivity (Wildman–Crippen MR) is 83.7 cm³/mol. The molecule has 0 unspecified atom stereocenters. The maximum atomic E-state index is 12.4. The molecule has 1 aliphatic rings. The van der Waals surface area contributed by atoms with Gasteiger partial charge in [0.25, 0.3) is 5.91 Å². The molecule has 0 fully saturated rings. The molecule has 4 heteroatoms. The maximum absolute atomic E-state index is 12.4. The van der Waals surface area contributed by atoms with Crippen LogP contribution in [0.2, 0.25) is 0 Å². The lowest BCUT2D eigenvalue weighted by atomic mass is 10.0. The molecule has 106 valence electrons. The summed E-state index contributed by atoms with van der Waals surface area (Å²) in [5.41, 5.74) is 2.33. The number of rotatable bonds is 3.